The maximum Gasteiger partial charge on any atom is 0.352 e. The van der Waals surface area contributed by atoms with Crippen molar-refractivity contribution in [3.63, 3.8) is 0 Å². The first-order valence-electron chi connectivity index (χ1n) is 10.4. The molecule has 0 amide bonds. The summed E-state index contributed by atoms with van der Waals surface area (Å²) in [5.74, 6) is -0.880. The third kappa shape index (κ3) is 10.5. The van der Waals surface area contributed by atoms with Crippen molar-refractivity contribution in [3.8, 4) is 0 Å². The fourth-order valence-corrected chi connectivity index (χ4v) is 3.30. The van der Waals surface area contributed by atoms with Gasteiger partial charge in [0.2, 0.25) is 0 Å². The van der Waals surface area contributed by atoms with Crippen LogP contribution < -0.4 is 5.32 Å². The monoisotopic (exact) mass is 364 g/mol. The summed E-state index contributed by atoms with van der Waals surface area (Å²) < 4.78 is 1.65. The molecule has 2 N–H and O–H groups in total. The quantitative estimate of drug-likeness (QED) is 0.372. The molecule has 0 saturated heterocycles. The number of aromatic carboxylic acids is 1. The van der Waals surface area contributed by atoms with Crippen LogP contribution in [0, 0.1) is 5.41 Å². The molecule has 150 valence electrons. The van der Waals surface area contributed by atoms with Gasteiger partial charge >= 0.3 is 5.97 Å². The van der Waals surface area contributed by atoms with Gasteiger partial charge in [-0.25, -0.2) is 4.79 Å². The maximum absolute atomic E-state index is 11.0. The molecule has 0 saturated carbocycles. The number of hydrogen-bond acceptors (Lipinski definition) is 2. The van der Waals surface area contributed by atoms with E-state index in [-0.39, 0.29) is 0 Å². The lowest BCUT2D eigenvalue weighted by Gasteiger charge is -2.17. The van der Waals surface area contributed by atoms with Crippen LogP contribution in [0.1, 0.15) is 102 Å². The molecule has 0 aromatic carbocycles. The average molecular weight is 365 g/mol. The molecule has 26 heavy (non-hydrogen) atoms. The second-order valence-electron chi connectivity index (χ2n) is 8.80. The molecule has 0 bridgehead atoms. The van der Waals surface area contributed by atoms with Crippen molar-refractivity contribution in [2.45, 2.75) is 91.4 Å². The Labute approximate surface area is 160 Å². The standard InChI is InChI=1S/C22H40N2O2/c1-22(2,3)15-13-11-9-7-5-6-8-10-12-14-16-23-19-17-20(21(25)26)24(4)18-19/h17-18,23H,5-16H2,1-4H3,(H,25,26). The van der Waals surface area contributed by atoms with E-state index in [1.807, 2.05) is 6.20 Å². The van der Waals surface area contributed by atoms with Crippen LogP contribution in [-0.4, -0.2) is 22.2 Å². The Morgan fingerprint density at radius 1 is 0.962 bits per heavy atom. The summed E-state index contributed by atoms with van der Waals surface area (Å²) in [6, 6.07) is 1.70. The van der Waals surface area contributed by atoms with E-state index in [2.05, 4.69) is 26.1 Å². The van der Waals surface area contributed by atoms with E-state index in [4.69, 9.17) is 5.11 Å². The van der Waals surface area contributed by atoms with Gasteiger partial charge in [0.25, 0.3) is 0 Å². The third-order valence-corrected chi connectivity index (χ3v) is 4.91. The number of nitrogens with one attached hydrogen (secondary N) is 1. The summed E-state index contributed by atoms with van der Waals surface area (Å²) in [4.78, 5) is 11.0. The van der Waals surface area contributed by atoms with E-state index in [0.717, 1.165) is 18.7 Å². The molecule has 0 atom stereocenters. The largest absolute Gasteiger partial charge is 0.477 e. The molecule has 4 heteroatoms. The van der Waals surface area contributed by atoms with E-state index >= 15 is 0 Å². The zero-order valence-corrected chi connectivity index (χ0v) is 17.4. The highest BCUT2D eigenvalue weighted by atomic mass is 16.4. The molecule has 0 aliphatic carbocycles. The van der Waals surface area contributed by atoms with Crippen molar-refractivity contribution >= 4 is 11.7 Å². The van der Waals surface area contributed by atoms with Crippen LogP contribution in [0.4, 0.5) is 5.69 Å². The van der Waals surface area contributed by atoms with E-state index < -0.39 is 5.97 Å². The van der Waals surface area contributed by atoms with Crippen molar-refractivity contribution in [1.82, 2.24) is 4.57 Å². The fraction of sp³-hybridized carbons (Fsp3) is 0.773. The van der Waals surface area contributed by atoms with E-state index in [1.54, 1.807) is 17.7 Å². The zero-order chi connectivity index (χ0) is 19.4. The lowest BCUT2D eigenvalue weighted by molar-refractivity contribution is 0.0686. The van der Waals surface area contributed by atoms with Crippen molar-refractivity contribution in [2.75, 3.05) is 11.9 Å². The van der Waals surface area contributed by atoms with E-state index in [9.17, 15) is 4.79 Å². The first kappa shape index (κ1) is 22.6. The van der Waals surface area contributed by atoms with Crippen LogP contribution in [0.15, 0.2) is 12.3 Å². The summed E-state index contributed by atoms with van der Waals surface area (Å²) in [5.41, 5.74) is 1.72. The van der Waals surface area contributed by atoms with E-state index in [0.29, 0.717) is 11.1 Å². The summed E-state index contributed by atoms with van der Waals surface area (Å²) in [5, 5.41) is 12.4. The molecule has 1 rings (SSSR count). The first-order chi connectivity index (χ1) is 12.3. The summed E-state index contributed by atoms with van der Waals surface area (Å²) in [6.45, 7) is 7.90. The van der Waals surface area contributed by atoms with Gasteiger partial charge in [0.1, 0.15) is 5.69 Å². The molecule has 0 unspecified atom stereocenters. The van der Waals surface area contributed by atoms with Gasteiger partial charge in [0, 0.05) is 19.8 Å². The van der Waals surface area contributed by atoms with Crippen molar-refractivity contribution in [1.29, 1.82) is 0 Å². The molecular weight excluding hydrogens is 324 g/mol. The molecule has 0 radical (unpaired) electrons. The molecule has 1 aromatic rings. The number of aromatic nitrogens is 1. The highest BCUT2D eigenvalue weighted by molar-refractivity contribution is 5.87. The molecular formula is C22H40N2O2. The predicted molar refractivity (Wildman–Crippen MR) is 111 cm³/mol. The number of rotatable bonds is 14. The Balaban J connectivity index is 1.89. The zero-order valence-electron chi connectivity index (χ0n) is 17.4. The van der Waals surface area contributed by atoms with Crippen molar-refractivity contribution in [2.24, 2.45) is 12.5 Å². The number of hydrogen-bond donors (Lipinski definition) is 2. The Bertz CT molecular complexity index is 515. The summed E-state index contributed by atoms with van der Waals surface area (Å²) in [7, 11) is 1.76. The van der Waals surface area contributed by atoms with Gasteiger partial charge in [0.05, 0.1) is 5.69 Å². The molecule has 1 heterocycles. The van der Waals surface area contributed by atoms with Gasteiger partial charge < -0.3 is 15.0 Å². The minimum atomic E-state index is -0.880. The van der Waals surface area contributed by atoms with Crippen LogP contribution >= 0.6 is 0 Å². The van der Waals surface area contributed by atoms with Gasteiger partial charge in [0.15, 0.2) is 0 Å². The lowest BCUT2D eigenvalue weighted by atomic mass is 9.89. The SMILES string of the molecule is Cn1cc(NCCCCCCCCCCCCC(C)(C)C)cc1C(=O)O. The molecule has 0 fully saturated rings. The lowest BCUT2D eigenvalue weighted by Crippen LogP contribution is -2.03. The minimum absolute atomic E-state index is 0.325. The Morgan fingerprint density at radius 2 is 1.46 bits per heavy atom. The van der Waals surface area contributed by atoms with E-state index in [1.165, 1.54) is 64.2 Å². The van der Waals surface area contributed by atoms with Crippen LogP contribution in [0.25, 0.3) is 0 Å². The van der Waals surface area contributed by atoms with Crippen LogP contribution in [-0.2, 0) is 7.05 Å². The highest BCUT2D eigenvalue weighted by Gasteiger charge is 2.09. The number of aryl methyl sites for hydroxylation is 1. The maximum atomic E-state index is 11.0. The fourth-order valence-electron chi connectivity index (χ4n) is 3.30. The van der Waals surface area contributed by atoms with Gasteiger partial charge in [-0.2, -0.15) is 0 Å². The van der Waals surface area contributed by atoms with Gasteiger partial charge in [-0.3, -0.25) is 0 Å². The number of carboxylic acid groups (broad SMARTS) is 1. The van der Waals surface area contributed by atoms with Gasteiger partial charge in [-0.15, -0.1) is 0 Å². The van der Waals surface area contributed by atoms with Crippen LogP contribution in [0.3, 0.4) is 0 Å². The third-order valence-electron chi connectivity index (χ3n) is 4.91. The minimum Gasteiger partial charge on any atom is -0.477 e. The average Bonchev–Trinajstić information content (AvgIpc) is 2.92. The van der Waals surface area contributed by atoms with Crippen LogP contribution in [0.2, 0.25) is 0 Å². The number of nitrogens with zero attached hydrogens (tertiary/aromatic N) is 1. The van der Waals surface area contributed by atoms with Crippen LogP contribution in [0.5, 0.6) is 0 Å². The number of anilines is 1. The molecule has 4 nitrogen and oxygen atoms in total. The molecule has 0 spiro atoms. The number of unbranched alkanes of at least 4 members (excludes halogenated alkanes) is 9. The topological polar surface area (TPSA) is 54.3 Å². The smallest absolute Gasteiger partial charge is 0.352 e. The molecule has 0 aliphatic rings. The number of carbonyl (C=O) groups is 1. The first-order valence-corrected chi connectivity index (χ1v) is 10.4. The van der Waals surface area contributed by atoms with Gasteiger partial charge in [-0.05, 0) is 24.3 Å². The normalized spacial score (nSPS) is 11.7. The second kappa shape index (κ2) is 12.0. The Kier molecular flexibility index (Phi) is 10.5. The second-order valence-corrected chi connectivity index (χ2v) is 8.80. The van der Waals surface area contributed by atoms with Gasteiger partial charge in [-0.1, -0.05) is 78.6 Å². The Hall–Kier alpha value is -1.45. The molecule has 0 aliphatic heterocycles. The Morgan fingerprint density at radius 3 is 1.92 bits per heavy atom. The summed E-state index contributed by atoms with van der Waals surface area (Å²) >= 11 is 0. The van der Waals surface area contributed by atoms with Crippen molar-refractivity contribution in [3.05, 3.63) is 18.0 Å². The predicted octanol–water partition coefficient (Wildman–Crippen LogP) is 6.47. The number of carboxylic acids is 1. The van der Waals surface area contributed by atoms with Crippen molar-refractivity contribution < 1.29 is 9.90 Å². The molecule has 1 aromatic heterocycles. The summed E-state index contributed by atoms with van der Waals surface area (Å²) in [6.07, 6.45) is 16.5. The highest BCUT2D eigenvalue weighted by Crippen LogP contribution is 2.22.